The number of guanidine groups is 1. The van der Waals surface area contributed by atoms with Gasteiger partial charge in [-0.25, -0.2) is 9.98 Å². The van der Waals surface area contributed by atoms with Crippen LogP contribution in [0, 0.1) is 0 Å². The van der Waals surface area contributed by atoms with Crippen molar-refractivity contribution in [2.75, 3.05) is 13.1 Å². The van der Waals surface area contributed by atoms with Gasteiger partial charge < -0.3 is 15.4 Å². The first-order chi connectivity index (χ1) is 14.3. The van der Waals surface area contributed by atoms with E-state index in [1.54, 1.807) is 12.4 Å². The Kier molecular flexibility index (Phi) is 8.07. The second-order valence-electron chi connectivity index (χ2n) is 6.49. The zero-order valence-electron chi connectivity index (χ0n) is 16.8. The molecule has 0 unspecified atom stereocenters. The first kappa shape index (κ1) is 20.4. The van der Waals surface area contributed by atoms with Gasteiger partial charge in [-0.2, -0.15) is 5.10 Å². The molecule has 3 aromatic rings. The van der Waals surface area contributed by atoms with Gasteiger partial charge in [0.15, 0.2) is 5.96 Å². The fourth-order valence-corrected chi connectivity index (χ4v) is 2.79. The van der Waals surface area contributed by atoms with Crippen molar-refractivity contribution in [2.24, 2.45) is 4.99 Å². The van der Waals surface area contributed by atoms with Gasteiger partial charge in [0.05, 0.1) is 6.54 Å². The molecule has 7 nitrogen and oxygen atoms in total. The number of rotatable bonds is 10. The summed E-state index contributed by atoms with van der Waals surface area (Å²) in [6, 6.07) is 15.9. The summed E-state index contributed by atoms with van der Waals surface area (Å²) in [5.74, 6) is 1.40. The molecule has 1 aromatic carbocycles. The molecule has 2 N–H and O–H groups in total. The third kappa shape index (κ3) is 6.95. The van der Waals surface area contributed by atoms with E-state index in [-0.39, 0.29) is 0 Å². The third-order valence-electron chi connectivity index (χ3n) is 4.24. The molecule has 0 aliphatic rings. The van der Waals surface area contributed by atoms with Crippen molar-refractivity contribution in [1.29, 1.82) is 0 Å². The number of nitrogens with zero attached hydrogens (tertiary/aromatic N) is 4. The number of benzene rings is 1. The summed E-state index contributed by atoms with van der Waals surface area (Å²) < 4.78 is 7.85. The van der Waals surface area contributed by atoms with Crippen LogP contribution in [-0.2, 0) is 19.7 Å². The van der Waals surface area contributed by atoms with E-state index < -0.39 is 0 Å². The molecule has 0 saturated carbocycles. The van der Waals surface area contributed by atoms with Crippen molar-refractivity contribution in [1.82, 2.24) is 25.4 Å². The standard InChI is InChI=1S/C22H28N6O/c1-2-23-22(25-13-7-15-28-16-8-14-27-28)26-17-20-11-6-12-24-21(20)29-18-19-9-4-3-5-10-19/h3-6,8-12,14,16H,2,7,13,15,17-18H2,1H3,(H2,23,25,26). The molecule has 0 bridgehead atoms. The number of aliphatic imine (C=N–C) groups is 1. The molecule has 0 amide bonds. The van der Waals surface area contributed by atoms with Gasteiger partial charge in [-0.05, 0) is 31.0 Å². The predicted molar refractivity (Wildman–Crippen MR) is 115 cm³/mol. The summed E-state index contributed by atoms with van der Waals surface area (Å²) >= 11 is 0. The lowest BCUT2D eigenvalue weighted by atomic mass is 10.2. The average Bonchev–Trinajstić information content (AvgIpc) is 3.28. The van der Waals surface area contributed by atoms with Gasteiger partial charge in [0.2, 0.25) is 5.88 Å². The zero-order valence-corrected chi connectivity index (χ0v) is 16.8. The Labute approximate surface area is 171 Å². The first-order valence-electron chi connectivity index (χ1n) is 9.95. The average molecular weight is 393 g/mol. The summed E-state index contributed by atoms with van der Waals surface area (Å²) in [7, 11) is 0. The first-order valence-corrected chi connectivity index (χ1v) is 9.95. The van der Waals surface area contributed by atoms with Crippen LogP contribution in [0.1, 0.15) is 24.5 Å². The summed E-state index contributed by atoms with van der Waals surface area (Å²) in [4.78, 5) is 9.07. The largest absolute Gasteiger partial charge is 0.473 e. The van der Waals surface area contributed by atoms with E-state index in [2.05, 4.69) is 32.6 Å². The molecule has 2 aromatic heterocycles. The summed E-state index contributed by atoms with van der Waals surface area (Å²) in [6.45, 7) is 5.52. The minimum Gasteiger partial charge on any atom is -0.473 e. The highest BCUT2D eigenvalue weighted by Gasteiger charge is 2.06. The quantitative estimate of drug-likeness (QED) is 0.315. The zero-order chi connectivity index (χ0) is 20.2. The minimum atomic E-state index is 0.486. The van der Waals surface area contributed by atoms with Crippen LogP contribution in [0.15, 0.2) is 72.1 Å². The second-order valence-corrected chi connectivity index (χ2v) is 6.49. The van der Waals surface area contributed by atoms with Crippen LogP contribution in [0.2, 0.25) is 0 Å². The van der Waals surface area contributed by atoms with Crippen molar-refractivity contribution in [3.05, 3.63) is 78.2 Å². The topological polar surface area (TPSA) is 76.4 Å². The van der Waals surface area contributed by atoms with E-state index >= 15 is 0 Å². The minimum absolute atomic E-state index is 0.486. The molecule has 152 valence electrons. The van der Waals surface area contributed by atoms with Crippen LogP contribution in [0.25, 0.3) is 0 Å². The number of ether oxygens (including phenoxy) is 1. The van der Waals surface area contributed by atoms with E-state index in [1.807, 2.05) is 59.4 Å². The second kappa shape index (κ2) is 11.5. The monoisotopic (exact) mass is 392 g/mol. The van der Waals surface area contributed by atoms with Crippen molar-refractivity contribution >= 4 is 5.96 Å². The smallest absolute Gasteiger partial charge is 0.218 e. The molecule has 2 heterocycles. The van der Waals surface area contributed by atoms with Crippen molar-refractivity contribution in [3.8, 4) is 5.88 Å². The molecular formula is C22H28N6O. The van der Waals surface area contributed by atoms with Crippen LogP contribution in [-0.4, -0.2) is 33.8 Å². The number of nitrogens with one attached hydrogen (secondary N) is 2. The maximum atomic E-state index is 5.92. The van der Waals surface area contributed by atoms with Gasteiger partial charge in [-0.15, -0.1) is 0 Å². The molecular weight excluding hydrogens is 364 g/mol. The highest BCUT2D eigenvalue weighted by atomic mass is 16.5. The Morgan fingerprint density at radius 1 is 1.07 bits per heavy atom. The van der Waals surface area contributed by atoms with Crippen LogP contribution < -0.4 is 15.4 Å². The Hall–Kier alpha value is -3.35. The Bertz CT molecular complexity index is 864. The summed E-state index contributed by atoms with van der Waals surface area (Å²) in [6.07, 6.45) is 6.47. The molecule has 0 saturated heterocycles. The highest BCUT2D eigenvalue weighted by molar-refractivity contribution is 5.79. The van der Waals surface area contributed by atoms with E-state index in [9.17, 15) is 0 Å². The van der Waals surface area contributed by atoms with Crippen LogP contribution >= 0.6 is 0 Å². The van der Waals surface area contributed by atoms with Gasteiger partial charge in [-0.1, -0.05) is 36.4 Å². The number of pyridine rings is 1. The number of hydrogen-bond acceptors (Lipinski definition) is 4. The fraction of sp³-hybridized carbons (Fsp3) is 0.318. The Balaban J connectivity index is 1.54. The molecule has 0 aliphatic carbocycles. The molecule has 0 radical (unpaired) electrons. The molecule has 0 atom stereocenters. The molecule has 29 heavy (non-hydrogen) atoms. The van der Waals surface area contributed by atoms with Crippen molar-refractivity contribution in [2.45, 2.75) is 33.0 Å². The lowest BCUT2D eigenvalue weighted by molar-refractivity contribution is 0.290. The van der Waals surface area contributed by atoms with E-state index in [0.29, 0.717) is 19.0 Å². The molecule has 0 aliphatic heterocycles. The van der Waals surface area contributed by atoms with Crippen LogP contribution in [0.4, 0.5) is 0 Å². The van der Waals surface area contributed by atoms with E-state index in [0.717, 1.165) is 43.1 Å². The van der Waals surface area contributed by atoms with Gasteiger partial charge in [0, 0.05) is 43.8 Å². The lowest BCUT2D eigenvalue weighted by Gasteiger charge is -2.12. The molecule has 0 spiro atoms. The van der Waals surface area contributed by atoms with Crippen LogP contribution in [0.3, 0.4) is 0 Å². The van der Waals surface area contributed by atoms with E-state index in [1.165, 1.54) is 0 Å². The fourth-order valence-electron chi connectivity index (χ4n) is 2.79. The lowest BCUT2D eigenvalue weighted by Crippen LogP contribution is -2.38. The van der Waals surface area contributed by atoms with E-state index in [4.69, 9.17) is 4.74 Å². The van der Waals surface area contributed by atoms with Gasteiger partial charge >= 0.3 is 0 Å². The SMILES string of the molecule is CCNC(=NCc1cccnc1OCc1ccccc1)NCCCn1cccn1. The maximum Gasteiger partial charge on any atom is 0.218 e. The highest BCUT2D eigenvalue weighted by Crippen LogP contribution is 2.17. The van der Waals surface area contributed by atoms with Gasteiger partial charge in [0.1, 0.15) is 6.61 Å². The molecule has 7 heteroatoms. The number of aryl methyl sites for hydroxylation is 1. The third-order valence-corrected chi connectivity index (χ3v) is 4.24. The Morgan fingerprint density at radius 3 is 2.76 bits per heavy atom. The predicted octanol–water partition coefficient (Wildman–Crippen LogP) is 3.00. The van der Waals surface area contributed by atoms with Crippen molar-refractivity contribution < 1.29 is 4.74 Å². The number of hydrogen-bond donors (Lipinski definition) is 2. The summed E-state index contributed by atoms with van der Waals surface area (Å²) in [5, 5.41) is 10.9. The normalized spacial score (nSPS) is 11.3. The molecule has 0 fully saturated rings. The van der Waals surface area contributed by atoms with Gasteiger partial charge in [-0.3, -0.25) is 4.68 Å². The maximum absolute atomic E-state index is 5.92. The van der Waals surface area contributed by atoms with Crippen molar-refractivity contribution in [3.63, 3.8) is 0 Å². The van der Waals surface area contributed by atoms with Crippen LogP contribution in [0.5, 0.6) is 5.88 Å². The number of aromatic nitrogens is 3. The summed E-state index contributed by atoms with van der Waals surface area (Å²) in [5.41, 5.74) is 2.07. The molecule has 3 rings (SSSR count). The van der Waals surface area contributed by atoms with Gasteiger partial charge in [0.25, 0.3) is 0 Å². The Morgan fingerprint density at radius 2 is 1.97 bits per heavy atom.